The van der Waals surface area contributed by atoms with Crippen molar-refractivity contribution in [3.63, 3.8) is 0 Å². The molecule has 0 atom stereocenters. The number of nitrogens with one attached hydrogen (secondary N) is 1. The highest BCUT2D eigenvalue weighted by atomic mass is 16.7. The van der Waals surface area contributed by atoms with E-state index in [1.165, 1.54) is 38.5 Å². The van der Waals surface area contributed by atoms with Gasteiger partial charge in [0.15, 0.2) is 0 Å². The molecule has 4 bridgehead atoms. The van der Waals surface area contributed by atoms with E-state index in [0.717, 1.165) is 17.8 Å². The average Bonchev–Trinajstić information content (AvgIpc) is 2.15. The smallest absolute Gasteiger partial charge is 0.0905 e. The first-order valence-corrected chi connectivity index (χ1v) is 6.14. The maximum absolute atomic E-state index is 5.89. The highest BCUT2D eigenvalue weighted by molar-refractivity contribution is 5.03. The molecule has 0 unspecified atom stereocenters. The average molecular weight is 205 g/mol. The molecule has 0 aromatic heterocycles. The van der Waals surface area contributed by atoms with Crippen molar-refractivity contribution in [2.75, 3.05) is 6.54 Å². The molecule has 82 valence electrons. The van der Waals surface area contributed by atoms with E-state index in [2.05, 4.69) is 11.4 Å². The molecule has 15 heavy (non-hydrogen) atoms. The van der Waals surface area contributed by atoms with Gasteiger partial charge in [-0.2, -0.15) is 5.48 Å². The first-order chi connectivity index (χ1) is 7.30. The fourth-order valence-corrected chi connectivity index (χ4v) is 4.39. The summed E-state index contributed by atoms with van der Waals surface area (Å²) in [6, 6.07) is 0. The van der Waals surface area contributed by atoms with Gasteiger partial charge in [-0.15, -0.1) is 6.42 Å². The number of hydrogen-bond acceptors (Lipinski definition) is 2. The van der Waals surface area contributed by atoms with Crippen molar-refractivity contribution in [3.05, 3.63) is 0 Å². The van der Waals surface area contributed by atoms with Gasteiger partial charge in [0.25, 0.3) is 0 Å². The Morgan fingerprint density at radius 1 is 1.13 bits per heavy atom. The molecule has 0 aromatic carbocycles. The summed E-state index contributed by atoms with van der Waals surface area (Å²) in [5.74, 6) is 5.37. The number of hydrogen-bond donors (Lipinski definition) is 1. The lowest BCUT2D eigenvalue weighted by Crippen LogP contribution is -2.53. The zero-order valence-electron chi connectivity index (χ0n) is 9.17. The van der Waals surface area contributed by atoms with Crippen LogP contribution < -0.4 is 5.48 Å². The van der Waals surface area contributed by atoms with Crippen molar-refractivity contribution < 1.29 is 4.84 Å². The lowest BCUT2D eigenvalue weighted by Gasteiger charge is -2.55. The van der Waals surface area contributed by atoms with Gasteiger partial charge in [-0.25, -0.2) is 0 Å². The molecule has 4 fully saturated rings. The second-order valence-corrected chi connectivity index (χ2v) is 5.73. The topological polar surface area (TPSA) is 21.3 Å². The van der Waals surface area contributed by atoms with E-state index in [4.69, 9.17) is 11.3 Å². The number of rotatable bonds is 3. The molecular weight excluding hydrogens is 186 g/mol. The summed E-state index contributed by atoms with van der Waals surface area (Å²) in [6.45, 7) is 0.530. The van der Waals surface area contributed by atoms with Gasteiger partial charge < -0.3 is 0 Å². The van der Waals surface area contributed by atoms with Crippen LogP contribution in [0, 0.1) is 30.1 Å². The van der Waals surface area contributed by atoms with Crippen LogP contribution in [0.4, 0.5) is 0 Å². The molecular formula is C13H19NO. The number of terminal acetylenes is 1. The Morgan fingerprint density at radius 3 is 2.13 bits per heavy atom. The van der Waals surface area contributed by atoms with Gasteiger partial charge in [-0.1, -0.05) is 5.92 Å². The van der Waals surface area contributed by atoms with Crippen molar-refractivity contribution in [3.8, 4) is 12.3 Å². The third-order valence-corrected chi connectivity index (χ3v) is 4.44. The molecule has 0 aliphatic heterocycles. The largest absolute Gasteiger partial charge is 0.294 e. The minimum atomic E-state index is 0.144. The van der Waals surface area contributed by atoms with Crippen molar-refractivity contribution in [2.45, 2.75) is 44.1 Å². The van der Waals surface area contributed by atoms with Crippen LogP contribution in [-0.4, -0.2) is 12.1 Å². The van der Waals surface area contributed by atoms with Gasteiger partial charge >= 0.3 is 0 Å². The fraction of sp³-hybridized carbons (Fsp3) is 0.846. The molecule has 0 radical (unpaired) electrons. The summed E-state index contributed by atoms with van der Waals surface area (Å²) in [5.41, 5.74) is 3.10. The van der Waals surface area contributed by atoms with Gasteiger partial charge in [0.05, 0.1) is 12.1 Å². The van der Waals surface area contributed by atoms with E-state index in [0.29, 0.717) is 6.54 Å². The van der Waals surface area contributed by atoms with Crippen molar-refractivity contribution in [2.24, 2.45) is 17.8 Å². The summed E-state index contributed by atoms with van der Waals surface area (Å²) in [7, 11) is 0. The molecule has 0 saturated heterocycles. The van der Waals surface area contributed by atoms with Crippen LogP contribution >= 0.6 is 0 Å². The summed E-state index contributed by atoms with van der Waals surface area (Å²) in [4.78, 5) is 5.89. The molecule has 0 aromatic rings. The monoisotopic (exact) mass is 205 g/mol. The normalized spacial score (nSPS) is 46.7. The van der Waals surface area contributed by atoms with Crippen molar-refractivity contribution in [1.82, 2.24) is 5.48 Å². The maximum Gasteiger partial charge on any atom is 0.0905 e. The Balaban J connectivity index is 1.68. The zero-order valence-corrected chi connectivity index (χ0v) is 9.17. The first-order valence-electron chi connectivity index (χ1n) is 6.14. The van der Waals surface area contributed by atoms with Gasteiger partial charge in [0, 0.05) is 0 Å². The number of hydroxylamine groups is 1. The molecule has 4 aliphatic rings. The molecule has 0 spiro atoms. The van der Waals surface area contributed by atoms with E-state index in [-0.39, 0.29) is 5.60 Å². The van der Waals surface area contributed by atoms with Crippen LogP contribution in [0.2, 0.25) is 0 Å². The van der Waals surface area contributed by atoms with E-state index < -0.39 is 0 Å². The predicted octanol–water partition coefficient (Wildman–Crippen LogP) is 2.11. The summed E-state index contributed by atoms with van der Waals surface area (Å²) >= 11 is 0. The standard InChI is InChI=1S/C13H19NO/c1-2-3-14-15-13-7-10-4-11(8-13)6-12(5-10)9-13/h1,10-12,14H,3-9H2. The molecule has 1 N–H and O–H groups in total. The lowest BCUT2D eigenvalue weighted by molar-refractivity contribution is -0.194. The molecule has 4 saturated carbocycles. The van der Waals surface area contributed by atoms with E-state index >= 15 is 0 Å². The van der Waals surface area contributed by atoms with Crippen LogP contribution in [0.3, 0.4) is 0 Å². The first kappa shape index (κ1) is 9.69. The van der Waals surface area contributed by atoms with Crippen LogP contribution in [0.15, 0.2) is 0 Å². The Bertz CT molecular complexity index is 256. The third-order valence-electron chi connectivity index (χ3n) is 4.44. The second kappa shape index (κ2) is 3.50. The maximum atomic E-state index is 5.89. The van der Waals surface area contributed by atoms with Crippen LogP contribution in [0.1, 0.15) is 38.5 Å². The molecule has 0 amide bonds. The Kier molecular flexibility index (Phi) is 2.26. The Hall–Kier alpha value is -0.520. The van der Waals surface area contributed by atoms with Crippen molar-refractivity contribution >= 4 is 0 Å². The van der Waals surface area contributed by atoms with Gasteiger partial charge in [0.1, 0.15) is 0 Å². The SMILES string of the molecule is C#CCNOC12CC3CC(CC(C3)C1)C2. The summed E-state index contributed by atoms with van der Waals surface area (Å²) in [6.07, 6.45) is 13.4. The van der Waals surface area contributed by atoms with E-state index in [1.807, 2.05) is 0 Å². The van der Waals surface area contributed by atoms with Crippen LogP contribution in [0.25, 0.3) is 0 Å². The zero-order chi connectivity index (χ0) is 10.3. The van der Waals surface area contributed by atoms with E-state index in [9.17, 15) is 0 Å². The van der Waals surface area contributed by atoms with Crippen LogP contribution in [0.5, 0.6) is 0 Å². The Labute approximate surface area is 91.7 Å². The quantitative estimate of drug-likeness (QED) is 0.433. The third kappa shape index (κ3) is 1.68. The second-order valence-electron chi connectivity index (χ2n) is 5.73. The minimum absolute atomic E-state index is 0.144. The summed E-state index contributed by atoms with van der Waals surface area (Å²) < 4.78 is 0. The molecule has 2 nitrogen and oxygen atoms in total. The minimum Gasteiger partial charge on any atom is -0.294 e. The summed E-state index contributed by atoms with van der Waals surface area (Å²) in [5, 5.41) is 0. The molecule has 4 rings (SSSR count). The lowest BCUT2D eigenvalue weighted by atomic mass is 9.54. The Morgan fingerprint density at radius 2 is 1.67 bits per heavy atom. The van der Waals surface area contributed by atoms with E-state index in [1.54, 1.807) is 0 Å². The predicted molar refractivity (Wildman–Crippen MR) is 58.8 cm³/mol. The molecule has 2 heteroatoms. The van der Waals surface area contributed by atoms with Gasteiger partial charge in [-0.05, 0) is 56.3 Å². The van der Waals surface area contributed by atoms with Crippen molar-refractivity contribution in [1.29, 1.82) is 0 Å². The van der Waals surface area contributed by atoms with Gasteiger partial charge in [-0.3, -0.25) is 4.84 Å². The molecule has 0 heterocycles. The van der Waals surface area contributed by atoms with Crippen LogP contribution in [-0.2, 0) is 4.84 Å². The van der Waals surface area contributed by atoms with Gasteiger partial charge in [0.2, 0.25) is 0 Å². The highest BCUT2D eigenvalue weighted by Crippen LogP contribution is 2.56. The fourth-order valence-electron chi connectivity index (χ4n) is 4.39. The highest BCUT2D eigenvalue weighted by Gasteiger charge is 2.52. The molecule has 4 aliphatic carbocycles.